The summed E-state index contributed by atoms with van der Waals surface area (Å²) in [5, 5.41) is -0.0612. The summed E-state index contributed by atoms with van der Waals surface area (Å²) >= 11 is -0.940. The third kappa shape index (κ3) is 3.83. The maximum Gasteiger partial charge on any atom is 0.165 e. The Bertz CT molecular complexity index is 435. The zero-order valence-corrected chi connectivity index (χ0v) is 11.7. The molecule has 0 fully saturated rings. The standard InChI is InChI=1S/C16H19NOS/c17-12-7-13-19(18)16(14-8-3-1-4-9-14)15-10-5-2-6-11-15/h1-6,8-11,16H,7,12-13,17H2. The van der Waals surface area contributed by atoms with Crippen molar-refractivity contribution in [3.05, 3.63) is 71.8 Å². The molecule has 2 aromatic carbocycles. The minimum atomic E-state index is -0.940. The molecule has 3 heteroatoms. The molecular formula is C16H19NOS. The van der Waals surface area contributed by atoms with E-state index >= 15 is 0 Å². The monoisotopic (exact) mass is 273 g/mol. The van der Waals surface area contributed by atoms with Gasteiger partial charge < -0.3 is 10.3 Å². The Balaban J connectivity index is 2.29. The second-order valence-electron chi connectivity index (χ2n) is 4.43. The topological polar surface area (TPSA) is 49.1 Å². The Morgan fingerprint density at radius 1 is 0.895 bits per heavy atom. The Kier molecular flexibility index (Phi) is 5.45. The van der Waals surface area contributed by atoms with Crippen LogP contribution in [0.1, 0.15) is 22.8 Å². The average molecular weight is 273 g/mol. The van der Waals surface area contributed by atoms with Crippen molar-refractivity contribution < 1.29 is 4.55 Å². The molecule has 1 atom stereocenters. The van der Waals surface area contributed by atoms with Crippen molar-refractivity contribution in [3.63, 3.8) is 0 Å². The van der Waals surface area contributed by atoms with Crippen molar-refractivity contribution in [2.45, 2.75) is 11.7 Å². The minimum Gasteiger partial charge on any atom is -0.616 e. The summed E-state index contributed by atoms with van der Waals surface area (Å²) in [5.41, 5.74) is 7.72. The summed E-state index contributed by atoms with van der Waals surface area (Å²) in [6.07, 6.45) is 0.794. The highest BCUT2D eigenvalue weighted by molar-refractivity contribution is 7.91. The second kappa shape index (κ2) is 7.34. The third-order valence-corrected chi connectivity index (χ3v) is 4.78. The zero-order valence-electron chi connectivity index (χ0n) is 10.9. The molecule has 0 aliphatic carbocycles. The average Bonchev–Trinajstić information content (AvgIpc) is 2.47. The van der Waals surface area contributed by atoms with E-state index in [9.17, 15) is 4.55 Å². The molecule has 0 saturated carbocycles. The van der Waals surface area contributed by atoms with E-state index in [2.05, 4.69) is 0 Å². The van der Waals surface area contributed by atoms with Crippen LogP contribution in [-0.4, -0.2) is 16.9 Å². The maximum atomic E-state index is 12.6. The number of benzene rings is 2. The van der Waals surface area contributed by atoms with Crippen LogP contribution >= 0.6 is 0 Å². The van der Waals surface area contributed by atoms with Crippen LogP contribution in [0, 0.1) is 0 Å². The van der Waals surface area contributed by atoms with Gasteiger partial charge in [-0.3, -0.25) is 0 Å². The lowest BCUT2D eigenvalue weighted by atomic mass is 10.0. The fraction of sp³-hybridized carbons (Fsp3) is 0.250. The van der Waals surface area contributed by atoms with Gasteiger partial charge in [-0.25, -0.2) is 0 Å². The molecule has 0 aliphatic rings. The molecule has 2 N–H and O–H groups in total. The fourth-order valence-corrected chi connectivity index (χ4v) is 3.70. The van der Waals surface area contributed by atoms with Crippen LogP contribution in [0.4, 0.5) is 0 Å². The van der Waals surface area contributed by atoms with Gasteiger partial charge in [0, 0.05) is 17.5 Å². The van der Waals surface area contributed by atoms with Gasteiger partial charge >= 0.3 is 0 Å². The molecule has 0 saturated heterocycles. The first-order chi connectivity index (χ1) is 9.33. The smallest absolute Gasteiger partial charge is 0.165 e. The van der Waals surface area contributed by atoms with Crippen LogP contribution in [0.25, 0.3) is 0 Å². The van der Waals surface area contributed by atoms with E-state index in [1.807, 2.05) is 60.7 Å². The third-order valence-electron chi connectivity index (χ3n) is 3.02. The maximum absolute atomic E-state index is 12.6. The predicted molar refractivity (Wildman–Crippen MR) is 81.4 cm³/mol. The molecule has 0 heterocycles. The molecule has 0 spiro atoms. The summed E-state index contributed by atoms with van der Waals surface area (Å²) in [5.74, 6) is 0.644. The van der Waals surface area contributed by atoms with Crippen molar-refractivity contribution in [2.24, 2.45) is 5.73 Å². The minimum absolute atomic E-state index is 0.0612. The van der Waals surface area contributed by atoms with E-state index in [0.717, 1.165) is 17.5 Å². The summed E-state index contributed by atoms with van der Waals surface area (Å²) < 4.78 is 12.6. The fourth-order valence-electron chi connectivity index (χ4n) is 2.10. The summed E-state index contributed by atoms with van der Waals surface area (Å²) in [6, 6.07) is 20.1. The SMILES string of the molecule is NCCC[S+]([O-])C(c1ccccc1)c1ccccc1. The lowest BCUT2D eigenvalue weighted by Gasteiger charge is -2.22. The molecule has 0 aromatic heterocycles. The Morgan fingerprint density at radius 2 is 1.37 bits per heavy atom. The lowest BCUT2D eigenvalue weighted by Crippen LogP contribution is -2.20. The molecule has 19 heavy (non-hydrogen) atoms. The Labute approximate surface area is 117 Å². The zero-order chi connectivity index (χ0) is 13.5. The van der Waals surface area contributed by atoms with Crippen LogP contribution < -0.4 is 5.73 Å². The van der Waals surface area contributed by atoms with Gasteiger partial charge in [0.1, 0.15) is 5.75 Å². The van der Waals surface area contributed by atoms with E-state index < -0.39 is 11.2 Å². The van der Waals surface area contributed by atoms with Crippen LogP contribution in [0.3, 0.4) is 0 Å². The largest absolute Gasteiger partial charge is 0.616 e. The van der Waals surface area contributed by atoms with E-state index in [0.29, 0.717) is 12.3 Å². The molecule has 2 aromatic rings. The van der Waals surface area contributed by atoms with Gasteiger partial charge in [0.2, 0.25) is 0 Å². The number of hydrogen-bond acceptors (Lipinski definition) is 2. The molecule has 0 amide bonds. The normalized spacial score (nSPS) is 12.6. The number of hydrogen-bond donors (Lipinski definition) is 1. The molecule has 2 nitrogen and oxygen atoms in total. The Morgan fingerprint density at radius 3 is 1.79 bits per heavy atom. The van der Waals surface area contributed by atoms with Gasteiger partial charge in [-0.05, 0) is 17.7 Å². The van der Waals surface area contributed by atoms with E-state index in [1.165, 1.54) is 0 Å². The molecule has 100 valence electrons. The van der Waals surface area contributed by atoms with Crippen molar-refractivity contribution >= 4 is 11.2 Å². The van der Waals surface area contributed by atoms with Gasteiger partial charge in [0.05, 0.1) is 0 Å². The quantitative estimate of drug-likeness (QED) is 0.823. The van der Waals surface area contributed by atoms with E-state index in [-0.39, 0.29) is 5.25 Å². The summed E-state index contributed by atoms with van der Waals surface area (Å²) in [7, 11) is 0. The highest BCUT2D eigenvalue weighted by atomic mass is 32.2. The number of nitrogens with two attached hydrogens (primary N) is 1. The van der Waals surface area contributed by atoms with Crippen molar-refractivity contribution in [1.29, 1.82) is 0 Å². The van der Waals surface area contributed by atoms with Crippen molar-refractivity contribution in [2.75, 3.05) is 12.3 Å². The Hall–Kier alpha value is -1.29. The molecule has 0 aliphatic heterocycles. The first kappa shape index (κ1) is 14.1. The second-order valence-corrected chi connectivity index (χ2v) is 6.07. The molecule has 0 radical (unpaired) electrons. The van der Waals surface area contributed by atoms with Gasteiger partial charge in [-0.2, -0.15) is 0 Å². The van der Waals surface area contributed by atoms with Gasteiger partial charge in [-0.15, -0.1) is 0 Å². The lowest BCUT2D eigenvalue weighted by molar-refractivity contribution is 0.585. The summed E-state index contributed by atoms with van der Waals surface area (Å²) in [4.78, 5) is 0. The van der Waals surface area contributed by atoms with Gasteiger partial charge in [-0.1, -0.05) is 60.7 Å². The van der Waals surface area contributed by atoms with Crippen LogP contribution in [0.2, 0.25) is 0 Å². The summed E-state index contributed by atoms with van der Waals surface area (Å²) in [6.45, 7) is 0.585. The van der Waals surface area contributed by atoms with Gasteiger partial charge in [0.25, 0.3) is 0 Å². The predicted octanol–water partition coefficient (Wildman–Crippen LogP) is 2.87. The molecule has 0 bridgehead atoms. The van der Waals surface area contributed by atoms with Crippen molar-refractivity contribution in [3.8, 4) is 0 Å². The van der Waals surface area contributed by atoms with E-state index in [1.54, 1.807) is 0 Å². The first-order valence-electron chi connectivity index (χ1n) is 6.50. The van der Waals surface area contributed by atoms with Crippen molar-refractivity contribution in [1.82, 2.24) is 0 Å². The highest BCUT2D eigenvalue weighted by Gasteiger charge is 2.25. The van der Waals surface area contributed by atoms with Crippen LogP contribution in [0.5, 0.6) is 0 Å². The number of rotatable bonds is 6. The molecular weight excluding hydrogens is 254 g/mol. The first-order valence-corrected chi connectivity index (χ1v) is 7.88. The highest BCUT2D eigenvalue weighted by Crippen LogP contribution is 2.30. The van der Waals surface area contributed by atoms with E-state index in [4.69, 9.17) is 5.73 Å². The van der Waals surface area contributed by atoms with Gasteiger partial charge in [0.15, 0.2) is 5.25 Å². The molecule has 1 unspecified atom stereocenters. The van der Waals surface area contributed by atoms with Crippen LogP contribution in [0.15, 0.2) is 60.7 Å². The van der Waals surface area contributed by atoms with Crippen LogP contribution in [-0.2, 0) is 11.2 Å². The molecule has 2 rings (SSSR count).